The van der Waals surface area contributed by atoms with Crippen LogP contribution in [0.1, 0.15) is 17.7 Å². The van der Waals surface area contributed by atoms with E-state index in [1.807, 2.05) is 22.4 Å². The normalized spacial score (nSPS) is 17.7. The van der Waals surface area contributed by atoms with Crippen LogP contribution in [-0.2, 0) is 16.1 Å². The fourth-order valence-electron chi connectivity index (χ4n) is 1.92. The van der Waals surface area contributed by atoms with E-state index in [0.29, 0.717) is 6.42 Å². The van der Waals surface area contributed by atoms with Crippen LogP contribution in [0.4, 0.5) is 0 Å². The fourth-order valence-corrected chi connectivity index (χ4v) is 2.61. The predicted molar refractivity (Wildman–Crippen MR) is 62.9 cm³/mol. The van der Waals surface area contributed by atoms with Gasteiger partial charge < -0.3 is 9.74 Å². The number of carbonyl (C=O) groups excluding carboxylic acids is 1. The van der Waals surface area contributed by atoms with Gasteiger partial charge in [-0.05, 0) is 24.3 Å². The number of hydrogen-bond donors (Lipinski definition) is 1. The van der Waals surface area contributed by atoms with E-state index in [0.717, 1.165) is 30.8 Å². The Bertz CT molecular complexity index is 332. The van der Waals surface area contributed by atoms with Gasteiger partial charge in [-0.25, -0.2) is 5.90 Å². The molecule has 1 amide bonds. The van der Waals surface area contributed by atoms with Crippen molar-refractivity contribution in [3.8, 4) is 0 Å². The Balaban J connectivity index is 1.82. The van der Waals surface area contributed by atoms with Gasteiger partial charge in [-0.1, -0.05) is 6.07 Å². The molecule has 5 heteroatoms. The maximum Gasteiger partial charge on any atom is 0.227 e. The summed E-state index contributed by atoms with van der Waals surface area (Å²) in [4.78, 5) is 19.7. The smallest absolute Gasteiger partial charge is 0.227 e. The number of rotatable bonds is 3. The molecule has 1 fully saturated rings. The second kappa shape index (κ2) is 5.43. The summed E-state index contributed by atoms with van der Waals surface area (Å²) in [7, 11) is 0. The SMILES string of the molecule is NOC1CCN(C(=O)Cc2cccs2)CC1. The van der Waals surface area contributed by atoms with Gasteiger partial charge in [0, 0.05) is 18.0 Å². The minimum atomic E-state index is 0.116. The maximum absolute atomic E-state index is 11.9. The molecule has 2 rings (SSSR count). The number of nitrogens with two attached hydrogens (primary N) is 1. The Hall–Kier alpha value is -0.910. The molecule has 1 aromatic heterocycles. The number of hydrogen-bond acceptors (Lipinski definition) is 4. The molecule has 1 aliphatic heterocycles. The van der Waals surface area contributed by atoms with Crippen LogP contribution >= 0.6 is 11.3 Å². The van der Waals surface area contributed by atoms with Gasteiger partial charge in [0.05, 0.1) is 12.5 Å². The molecule has 0 aliphatic carbocycles. The fraction of sp³-hybridized carbons (Fsp3) is 0.545. The Kier molecular flexibility index (Phi) is 3.93. The van der Waals surface area contributed by atoms with Gasteiger partial charge in [0.1, 0.15) is 0 Å². The van der Waals surface area contributed by atoms with E-state index in [9.17, 15) is 4.79 Å². The van der Waals surface area contributed by atoms with Crippen LogP contribution in [0.2, 0.25) is 0 Å². The van der Waals surface area contributed by atoms with E-state index in [2.05, 4.69) is 0 Å². The summed E-state index contributed by atoms with van der Waals surface area (Å²) in [6, 6.07) is 3.97. The summed E-state index contributed by atoms with van der Waals surface area (Å²) in [6.07, 6.45) is 2.32. The van der Waals surface area contributed by atoms with Crippen molar-refractivity contribution < 1.29 is 9.63 Å². The summed E-state index contributed by atoms with van der Waals surface area (Å²) in [5.41, 5.74) is 0. The molecule has 2 N–H and O–H groups in total. The van der Waals surface area contributed by atoms with Crippen molar-refractivity contribution in [3.63, 3.8) is 0 Å². The van der Waals surface area contributed by atoms with Gasteiger partial charge in [0.15, 0.2) is 0 Å². The first-order chi connectivity index (χ1) is 7.79. The van der Waals surface area contributed by atoms with Crippen molar-refractivity contribution in [3.05, 3.63) is 22.4 Å². The van der Waals surface area contributed by atoms with E-state index in [-0.39, 0.29) is 12.0 Å². The molecule has 0 unspecified atom stereocenters. The number of carbonyl (C=O) groups is 1. The minimum absolute atomic E-state index is 0.116. The predicted octanol–water partition coefficient (Wildman–Crippen LogP) is 1.17. The first-order valence-electron chi connectivity index (χ1n) is 5.45. The average molecular weight is 240 g/mol. The minimum Gasteiger partial charge on any atom is -0.342 e. The maximum atomic E-state index is 11.9. The third kappa shape index (κ3) is 2.81. The highest BCUT2D eigenvalue weighted by atomic mass is 32.1. The van der Waals surface area contributed by atoms with Gasteiger partial charge >= 0.3 is 0 Å². The van der Waals surface area contributed by atoms with E-state index in [1.54, 1.807) is 11.3 Å². The molecule has 0 saturated carbocycles. The Morgan fingerprint density at radius 2 is 2.31 bits per heavy atom. The van der Waals surface area contributed by atoms with E-state index in [4.69, 9.17) is 10.7 Å². The molecule has 1 saturated heterocycles. The molecular formula is C11H16N2O2S. The second-order valence-electron chi connectivity index (χ2n) is 3.97. The molecule has 4 nitrogen and oxygen atoms in total. The summed E-state index contributed by atoms with van der Waals surface area (Å²) < 4.78 is 0. The third-order valence-corrected chi connectivity index (χ3v) is 3.77. The van der Waals surface area contributed by atoms with Gasteiger partial charge in [-0.3, -0.25) is 4.79 Å². The molecule has 1 aliphatic rings. The monoisotopic (exact) mass is 240 g/mol. The lowest BCUT2D eigenvalue weighted by Gasteiger charge is -2.30. The van der Waals surface area contributed by atoms with Gasteiger partial charge in [0.25, 0.3) is 0 Å². The average Bonchev–Trinajstić information content (AvgIpc) is 2.82. The number of amides is 1. The molecule has 2 heterocycles. The standard InChI is InChI=1S/C11H16N2O2S/c12-15-9-3-5-13(6-4-9)11(14)8-10-2-1-7-16-10/h1-2,7,9H,3-6,8,12H2. The lowest BCUT2D eigenvalue weighted by atomic mass is 10.1. The van der Waals surface area contributed by atoms with E-state index >= 15 is 0 Å². The van der Waals surface area contributed by atoms with Crippen LogP contribution < -0.4 is 5.90 Å². The molecule has 0 bridgehead atoms. The van der Waals surface area contributed by atoms with Crippen LogP contribution in [0.25, 0.3) is 0 Å². The van der Waals surface area contributed by atoms with Crippen molar-refractivity contribution in [1.82, 2.24) is 4.90 Å². The van der Waals surface area contributed by atoms with Crippen molar-refractivity contribution in [2.75, 3.05) is 13.1 Å². The highest BCUT2D eigenvalue weighted by Gasteiger charge is 2.22. The Morgan fingerprint density at radius 3 is 2.88 bits per heavy atom. The van der Waals surface area contributed by atoms with Crippen LogP contribution in [0, 0.1) is 0 Å². The van der Waals surface area contributed by atoms with E-state index in [1.165, 1.54) is 0 Å². The van der Waals surface area contributed by atoms with Crippen molar-refractivity contribution in [2.45, 2.75) is 25.4 Å². The van der Waals surface area contributed by atoms with E-state index < -0.39 is 0 Å². The number of thiophene rings is 1. The van der Waals surface area contributed by atoms with Crippen molar-refractivity contribution >= 4 is 17.2 Å². The van der Waals surface area contributed by atoms with Crippen molar-refractivity contribution in [2.24, 2.45) is 5.90 Å². The number of nitrogens with zero attached hydrogens (tertiary/aromatic N) is 1. The quantitative estimate of drug-likeness (QED) is 0.807. The lowest BCUT2D eigenvalue weighted by Crippen LogP contribution is -2.42. The first kappa shape index (κ1) is 11.6. The van der Waals surface area contributed by atoms with Crippen LogP contribution in [0.5, 0.6) is 0 Å². The first-order valence-corrected chi connectivity index (χ1v) is 6.33. The zero-order valence-electron chi connectivity index (χ0n) is 9.09. The molecule has 1 aromatic rings. The summed E-state index contributed by atoms with van der Waals surface area (Å²) >= 11 is 1.63. The Morgan fingerprint density at radius 1 is 1.56 bits per heavy atom. The summed E-state index contributed by atoms with van der Waals surface area (Å²) in [5.74, 6) is 5.34. The molecule has 0 atom stereocenters. The highest BCUT2D eigenvalue weighted by Crippen LogP contribution is 2.15. The van der Waals surface area contributed by atoms with Gasteiger partial charge in [-0.15, -0.1) is 11.3 Å². The van der Waals surface area contributed by atoms with Crippen LogP contribution in [0.3, 0.4) is 0 Å². The Labute approximate surface area is 98.9 Å². The van der Waals surface area contributed by atoms with Crippen LogP contribution in [0.15, 0.2) is 17.5 Å². The lowest BCUT2D eigenvalue weighted by molar-refractivity contribution is -0.133. The molecule has 16 heavy (non-hydrogen) atoms. The summed E-state index contributed by atoms with van der Waals surface area (Å²) in [5, 5.41) is 2.00. The zero-order valence-corrected chi connectivity index (χ0v) is 9.91. The highest BCUT2D eigenvalue weighted by molar-refractivity contribution is 7.10. The van der Waals surface area contributed by atoms with Gasteiger partial charge in [-0.2, -0.15) is 0 Å². The molecule has 0 spiro atoms. The molecule has 88 valence electrons. The third-order valence-electron chi connectivity index (χ3n) is 2.89. The number of piperidine rings is 1. The largest absolute Gasteiger partial charge is 0.342 e. The topological polar surface area (TPSA) is 55.6 Å². The molecular weight excluding hydrogens is 224 g/mol. The van der Waals surface area contributed by atoms with Crippen molar-refractivity contribution in [1.29, 1.82) is 0 Å². The number of likely N-dealkylation sites (tertiary alicyclic amines) is 1. The van der Waals surface area contributed by atoms with Gasteiger partial charge in [0.2, 0.25) is 5.91 Å². The molecule has 0 radical (unpaired) electrons. The molecule has 0 aromatic carbocycles. The summed E-state index contributed by atoms with van der Waals surface area (Å²) in [6.45, 7) is 1.51. The zero-order chi connectivity index (χ0) is 11.4. The second-order valence-corrected chi connectivity index (χ2v) is 5.00. The van der Waals surface area contributed by atoms with Crippen LogP contribution in [-0.4, -0.2) is 30.0 Å².